The average Bonchev–Trinajstić information content (AvgIpc) is 3.15. The number of hydrogen-bond donors (Lipinski definition) is 0. The van der Waals surface area contributed by atoms with Crippen molar-refractivity contribution in [2.45, 2.75) is 24.3 Å². The van der Waals surface area contributed by atoms with Crippen molar-refractivity contribution in [2.75, 3.05) is 18.6 Å². The van der Waals surface area contributed by atoms with Crippen molar-refractivity contribution >= 4 is 44.3 Å². The summed E-state index contributed by atoms with van der Waals surface area (Å²) in [5.74, 6) is 0.505. The lowest BCUT2D eigenvalue weighted by atomic mass is 10.1. The SMILES string of the molecule is COc1ccccc1CC(=O)N=C1S[C@@H]2CS(=O)(=O)C[C@H]2N1Cc1ccccc1Cl. The molecule has 2 atom stereocenters. The van der Waals surface area contributed by atoms with E-state index in [0.717, 1.165) is 11.1 Å². The Morgan fingerprint density at radius 3 is 2.60 bits per heavy atom. The number of benzene rings is 2. The van der Waals surface area contributed by atoms with E-state index in [1.165, 1.54) is 11.8 Å². The molecule has 0 N–H and O–H groups in total. The second-order valence-corrected chi connectivity index (χ2v) is 11.1. The lowest BCUT2D eigenvalue weighted by Crippen LogP contribution is -2.37. The average molecular weight is 465 g/mol. The number of ether oxygens (including phenoxy) is 1. The molecule has 30 heavy (non-hydrogen) atoms. The van der Waals surface area contributed by atoms with Crippen LogP contribution >= 0.6 is 23.4 Å². The van der Waals surface area contributed by atoms with Gasteiger partial charge in [-0.15, -0.1) is 0 Å². The highest BCUT2D eigenvalue weighted by Gasteiger charge is 2.48. The Morgan fingerprint density at radius 2 is 1.87 bits per heavy atom. The van der Waals surface area contributed by atoms with Gasteiger partial charge in [0.15, 0.2) is 15.0 Å². The van der Waals surface area contributed by atoms with E-state index >= 15 is 0 Å². The molecule has 9 heteroatoms. The van der Waals surface area contributed by atoms with E-state index in [2.05, 4.69) is 4.99 Å². The van der Waals surface area contributed by atoms with Gasteiger partial charge in [0.1, 0.15) is 5.75 Å². The van der Waals surface area contributed by atoms with Crippen molar-refractivity contribution < 1.29 is 17.9 Å². The van der Waals surface area contributed by atoms with Crippen LogP contribution in [0.3, 0.4) is 0 Å². The normalized spacial score (nSPS) is 23.5. The highest BCUT2D eigenvalue weighted by atomic mass is 35.5. The molecule has 2 aromatic rings. The van der Waals surface area contributed by atoms with Crippen LogP contribution in [0.1, 0.15) is 11.1 Å². The zero-order chi connectivity index (χ0) is 21.3. The standard InChI is InChI=1S/C21H21ClN2O4S2/c1-28-18-9-5-3-6-14(18)10-20(25)23-21-24(11-15-7-2-4-8-16(15)22)17-12-30(26,27)13-19(17)29-21/h2-9,17,19H,10-13H2,1H3/t17-,19-/m1/s1. The van der Waals surface area contributed by atoms with Crippen LogP contribution in [-0.4, -0.2) is 54.3 Å². The van der Waals surface area contributed by atoms with Gasteiger partial charge in [-0.25, -0.2) is 8.42 Å². The number of methoxy groups -OCH3 is 1. The number of hydrogen-bond acceptors (Lipinski definition) is 5. The highest BCUT2D eigenvalue weighted by molar-refractivity contribution is 8.15. The van der Waals surface area contributed by atoms with Gasteiger partial charge in [0.2, 0.25) is 0 Å². The number of amides is 1. The van der Waals surface area contributed by atoms with Crippen molar-refractivity contribution in [1.82, 2.24) is 4.90 Å². The van der Waals surface area contributed by atoms with Crippen molar-refractivity contribution in [3.05, 3.63) is 64.7 Å². The van der Waals surface area contributed by atoms with E-state index in [1.54, 1.807) is 19.2 Å². The number of carbonyl (C=O) groups excluding carboxylic acids is 1. The predicted molar refractivity (Wildman–Crippen MR) is 120 cm³/mol. The first kappa shape index (κ1) is 21.2. The third kappa shape index (κ3) is 4.50. The molecule has 6 nitrogen and oxygen atoms in total. The monoisotopic (exact) mass is 464 g/mol. The highest BCUT2D eigenvalue weighted by Crippen LogP contribution is 2.39. The van der Waals surface area contributed by atoms with Gasteiger partial charge in [0.25, 0.3) is 5.91 Å². The van der Waals surface area contributed by atoms with E-state index in [9.17, 15) is 13.2 Å². The maximum absolute atomic E-state index is 12.7. The molecule has 2 heterocycles. The Bertz CT molecular complexity index is 1100. The van der Waals surface area contributed by atoms with Crippen molar-refractivity contribution in [2.24, 2.45) is 4.99 Å². The third-order valence-electron chi connectivity index (χ3n) is 5.23. The summed E-state index contributed by atoms with van der Waals surface area (Å²) < 4.78 is 29.6. The van der Waals surface area contributed by atoms with E-state index in [0.29, 0.717) is 22.5 Å². The number of aliphatic imine (C=N–C) groups is 1. The lowest BCUT2D eigenvalue weighted by Gasteiger charge is -2.25. The molecule has 0 saturated carbocycles. The minimum atomic E-state index is -3.10. The second kappa shape index (κ2) is 8.61. The number of fused-ring (bicyclic) bond motifs is 1. The van der Waals surface area contributed by atoms with E-state index in [4.69, 9.17) is 16.3 Å². The molecule has 0 aliphatic carbocycles. The summed E-state index contributed by atoms with van der Waals surface area (Å²) in [5, 5.41) is 1.03. The molecule has 4 rings (SSSR count). The van der Waals surface area contributed by atoms with Crippen LogP contribution in [0.15, 0.2) is 53.5 Å². The van der Waals surface area contributed by atoms with Crippen LogP contribution in [0.2, 0.25) is 5.02 Å². The van der Waals surface area contributed by atoms with Crippen LogP contribution in [0.5, 0.6) is 5.75 Å². The van der Waals surface area contributed by atoms with Crippen molar-refractivity contribution in [1.29, 1.82) is 0 Å². The van der Waals surface area contributed by atoms with Gasteiger partial charge in [-0.3, -0.25) is 4.79 Å². The fourth-order valence-corrected chi connectivity index (χ4v) is 7.95. The summed E-state index contributed by atoms with van der Waals surface area (Å²) in [6.07, 6.45) is 0.113. The lowest BCUT2D eigenvalue weighted by molar-refractivity contribution is -0.117. The van der Waals surface area contributed by atoms with Gasteiger partial charge in [0, 0.05) is 22.4 Å². The fraction of sp³-hybridized carbons (Fsp3) is 0.333. The molecule has 158 valence electrons. The molecule has 0 aromatic heterocycles. The predicted octanol–water partition coefficient (Wildman–Crippen LogP) is 3.19. The van der Waals surface area contributed by atoms with Crippen LogP contribution in [0.25, 0.3) is 0 Å². The molecule has 0 unspecified atom stereocenters. The van der Waals surface area contributed by atoms with Gasteiger partial charge in [-0.1, -0.05) is 59.8 Å². The molecule has 2 aliphatic heterocycles. The van der Waals surface area contributed by atoms with Gasteiger partial charge in [0.05, 0.1) is 31.1 Å². The Hall–Kier alpha value is -2.03. The second-order valence-electron chi connectivity index (χ2n) is 7.30. The van der Waals surface area contributed by atoms with Crippen LogP contribution < -0.4 is 4.74 Å². The quantitative estimate of drug-likeness (QED) is 0.676. The van der Waals surface area contributed by atoms with Crippen LogP contribution in [0, 0.1) is 0 Å². The molecule has 2 aliphatic rings. The molecule has 0 radical (unpaired) electrons. The van der Waals surface area contributed by atoms with Gasteiger partial charge in [-0.2, -0.15) is 4.99 Å². The molecule has 2 fully saturated rings. The first-order chi connectivity index (χ1) is 14.4. The molecule has 0 bridgehead atoms. The topological polar surface area (TPSA) is 76.0 Å². The van der Waals surface area contributed by atoms with Crippen LogP contribution in [-0.2, 0) is 27.6 Å². The largest absolute Gasteiger partial charge is 0.496 e. The molecule has 1 amide bonds. The van der Waals surface area contributed by atoms with Gasteiger partial charge in [-0.05, 0) is 17.7 Å². The zero-order valence-corrected chi connectivity index (χ0v) is 18.7. The van der Waals surface area contributed by atoms with Crippen molar-refractivity contribution in [3.63, 3.8) is 0 Å². The van der Waals surface area contributed by atoms with E-state index < -0.39 is 9.84 Å². The molecule has 2 aromatic carbocycles. The summed E-state index contributed by atoms with van der Waals surface area (Å²) in [5.41, 5.74) is 1.63. The van der Waals surface area contributed by atoms with Crippen LogP contribution in [0.4, 0.5) is 0 Å². The number of para-hydroxylation sites is 1. The number of nitrogens with zero attached hydrogens (tertiary/aromatic N) is 2. The zero-order valence-electron chi connectivity index (χ0n) is 16.3. The summed E-state index contributed by atoms with van der Waals surface area (Å²) in [6, 6.07) is 14.6. The fourth-order valence-electron chi connectivity index (χ4n) is 3.79. The number of amidine groups is 1. The van der Waals surface area contributed by atoms with E-state index in [-0.39, 0.29) is 35.1 Å². The minimum absolute atomic E-state index is 0.0643. The maximum Gasteiger partial charge on any atom is 0.252 e. The summed E-state index contributed by atoms with van der Waals surface area (Å²) >= 11 is 7.69. The number of rotatable bonds is 5. The Labute approximate surface area is 185 Å². The first-order valence-electron chi connectivity index (χ1n) is 9.47. The van der Waals surface area contributed by atoms with Crippen molar-refractivity contribution in [3.8, 4) is 5.75 Å². The number of halogens is 1. The van der Waals surface area contributed by atoms with E-state index in [1.807, 2.05) is 41.3 Å². The molecule has 2 saturated heterocycles. The third-order valence-corrected chi connectivity index (χ3v) is 8.84. The number of carbonyl (C=O) groups is 1. The molecule has 0 spiro atoms. The summed E-state index contributed by atoms with van der Waals surface area (Å²) in [7, 11) is -1.54. The Kier molecular flexibility index (Phi) is 6.09. The maximum atomic E-state index is 12.7. The smallest absolute Gasteiger partial charge is 0.252 e. The molecular formula is C21H21ClN2O4S2. The number of thioether (sulfide) groups is 1. The Balaban J connectivity index is 1.60. The molecular weight excluding hydrogens is 444 g/mol. The summed E-state index contributed by atoms with van der Waals surface area (Å²) in [6.45, 7) is 0.407. The number of sulfone groups is 1. The van der Waals surface area contributed by atoms with Gasteiger partial charge >= 0.3 is 0 Å². The summed E-state index contributed by atoms with van der Waals surface area (Å²) in [4.78, 5) is 19.0. The van der Waals surface area contributed by atoms with Gasteiger partial charge < -0.3 is 9.64 Å². The Morgan fingerprint density at radius 1 is 1.17 bits per heavy atom. The minimum Gasteiger partial charge on any atom is -0.496 e. The first-order valence-corrected chi connectivity index (χ1v) is 12.5.